The lowest BCUT2D eigenvalue weighted by Gasteiger charge is -2.32. The SMILES string of the molecule is CN1CCN(CCCON=C2CCCCCC2=Cc2ccccc2)CC1. The van der Waals surface area contributed by atoms with Crippen molar-refractivity contribution in [3.8, 4) is 0 Å². The number of oxime groups is 1. The summed E-state index contributed by atoms with van der Waals surface area (Å²) in [5.41, 5.74) is 3.77. The minimum atomic E-state index is 0.717. The fraction of sp³-hybridized carbons (Fsp3) is 0.591. The van der Waals surface area contributed by atoms with Gasteiger partial charge in [-0.05, 0) is 56.4 Å². The van der Waals surface area contributed by atoms with Gasteiger partial charge in [0.1, 0.15) is 6.61 Å². The third-order valence-corrected chi connectivity index (χ3v) is 5.35. The Morgan fingerprint density at radius 1 is 1.00 bits per heavy atom. The Hall–Kier alpha value is -1.65. The lowest BCUT2D eigenvalue weighted by molar-refractivity contribution is 0.111. The molecule has 0 N–H and O–H groups in total. The van der Waals surface area contributed by atoms with Gasteiger partial charge in [0.25, 0.3) is 0 Å². The van der Waals surface area contributed by atoms with Gasteiger partial charge in [-0.2, -0.15) is 0 Å². The van der Waals surface area contributed by atoms with E-state index in [4.69, 9.17) is 4.84 Å². The average Bonchev–Trinajstić information content (AvgIpc) is 2.89. The van der Waals surface area contributed by atoms with E-state index >= 15 is 0 Å². The van der Waals surface area contributed by atoms with Crippen LogP contribution in [0.15, 0.2) is 41.1 Å². The van der Waals surface area contributed by atoms with Gasteiger partial charge in [-0.3, -0.25) is 0 Å². The zero-order chi connectivity index (χ0) is 18.0. The highest BCUT2D eigenvalue weighted by atomic mass is 16.6. The molecule has 1 aromatic carbocycles. The normalized spacial score (nSPS) is 23.3. The van der Waals surface area contributed by atoms with Crippen molar-refractivity contribution in [1.29, 1.82) is 0 Å². The van der Waals surface area contributed by atoms with E-state index in [0.29, 0.717) is 6.61 Å². The first kappa shape index (κ1) is 19.1. The molecule has 3 rings (SSSR count). The molecular formula is C22H33N3O. The van der Waals surface area contributed by atoms with Crippen LogP contribution < -0.4 is 0 Å². The minimum Gasteiger partial charge on any atom is -0.396 e. The highest BCUT2D eigenvalue weighted by Gasteiger charge is 2.14. The molecule has 0 spiro atoms. The summed E-state index contributed by atoms with van der Waals surface area (Å²) < 4.78 is 0. The van der Waals surface area contributed by atoms with E-state index in [2.05, 4.69) is 58.4 Å². The molecule has 0 unspecified atom stereocenters. The molecule has 26 heavy (non-hydrogen) atoms. The summed E-state index contributed by atoms with van der Waals surface area (Å²) in [6.07, 6.45) is 9.25. The van der Waals surface area contributed by atoms with E-state index in [-0.39, 0.29) is 0 Å². The predicted octanol–water partition coefficient (Wildman–Crippen LogP) is 4.04. The maximum Gasteiger partial charge on any atom is 0.118 e. The second-order valence-corrected chi connectivity index (χ2v) is 7.51. The zero-order valence-corrected chi connectivity index (χ0v) is 16.2. The third-order valence-electron chi connectivity index (χ3n) is 5.35. The average molecular weight is 356 g/mol. The second-order valence-electron chi connectivity index (χ2n) is 7.51. The van der Waals surface area contributed by atoms with E-state index in [1.54, 1.807) is 0 Å². The molecule has 0 atom stereocenters. The predicted molar refractivity (Wildman–Crippen MR) is 109 cm³/mol. The van der Waals surface area contributed by atoms with Gasteiger partial charge in [0.2, 0.25) is 0 Å². The van der Waals surface area contributed by atoms with Gasteiger partial charge >= 0.3 is 0 Å². The summed E-state index contributed by atoms with van der Waals surface area (Å²) >= 11 is 0. The number of allylic oxidation sites excluding steroid dienone is 1. The maximum absolute atomic E-state index is 5.72. The monoisotopic (exact) mass is 355 g/mol. The van der Waals surface area contributed by atoms with Gasteiger partial charge in [0, 0.05) is 32.7 Å². The maximum atomic E-state index is 5.72. The molecule has 4 heteroatoms. The molecule has 0 radical (unpaired) electrons. The van der Waals surface area contributed by atoms with E-state index < -0.39 is 0 Å². The van der Waals surface area contributed by atoms with Crippen LogP contribution in [0.25, 0.3) is 6.08 Å². The fourth-order valence-electron chi connectivity index (χ4n) is 3.65. The van der Waals surface area contributed by atoms with Crippen molar-refractivity contribution >= 4 is 11.8 Å². The summed E-state index contributed by atoms with van der Waals surface area (Å²) in [6, 6.07) is 10.6. The summed E-state index contributed by atoms with van der Waals surface area (Å²) in [4.78, 5) is 10.6. The molecule has 1 saturated carbocycles. The van der Waals surface area contributed by atoms with Gasteiger partial charge in [-0.1, -0.05) is 41.9 Å². The van der Waals surface area contributed by atoms with Gasteiger partial charge < -0.3 is 14.6 Å². The van der Waals surface area contributed by atoms with Crippen LogP contribution in [-0.2, 0) is 4.84 Å². The number of nitrogens with zero attached hydrogens (tertiary/aromatic N) is 3. The lowest BCUT2D eigenvalue weighted by Crippen LogP contribution is -2.44. The lowest BCUT2D eigenvalue weighted by atomic mass is 10.0. The van der Waals surface area contributed by atoms with Crippen molar-refractivity contribution in [2.75, 3.05) is 46.4 Å². The first-order valence-electron chi connectivity index (χ1n) is 10.2. The topological polar surface area (TPSA) is 28.1 Å². The number of likely N-dealkylation sites (N-methyl/N-ethyl adjacent to an activating group) is 1. The number of rotatable bonds is 6. The molecule has 2 fully saturated rings. The van der Waals surface area contributed by atoms with Gasteiger partial charge in [-0.25, -0.2) is 0 Å². The van der Waals surface area contributed by atoms with E-state index in [1.807, 2.05) is 0 Å². The first-order valence-corrected chi connectivity index (χ1v) is 10.2. The van der Waals surface area contributed by atoms with Crippen molar-refractivity contribution in [2.45, 2.75) is 38.5 Å². The number of hydrogen-bond acceptors (Lipinski definition) is 4. The summed E-state index contributed by atoms with van der Waals surface area (Å²) in [5.74, 6) is 0. The minimum absolute atomic E-state index is 0.717. The van der Waals surface area contributed by atoms with Crippen molar-refractivity contribution < 1.29 is 4.84 Å². The highest BCUT2D eigenvalue weighted by Crippen LogP contribution is 2.23. The fourth-order valence-corrected chi connectivity index (χ4v) is 3.65. The van der Waals surface area contributed by atoms with Gasteiger partial charge in [0.15, 0.2) is 0 Å². The Kier molecular flexibility index (Phi) is 7.71. The van der Waals surface area contributed by atoms with Crippen LogP contribution in [0.2, 0.25) is 0 Å². The smallest absolute Gasteiger partial charge is 0.118 e. The molecule has 1 heterocycles. The van der Waals surface area contributed by atoms with Crippen molar-refractivity contribution in [3.05, 3.63) is 41.5 Å². The molecule has 0 aromatic heterocycles. The Morgan fingerprint density at radius 2 is 1.77 bits per heavy atom. The van der Waals surface area contributed by atoms with Crippen LogP contribution >= 0.6 is 0 Å². The van der Waals surface area contributed by atoms with Crippen LogP contribution in [0.1, 0.15) is 44.1 Å². The molecule has 0 amide bonds. The van der Waals surface area contributed by atoms with Gasteiger partial charge in [-0.15, -0.1) is 0 Å². The van der Waals surface area contributed by atoms with Crippen molar-refractivity contribution in [2.24, 2.45) is 5.16 Å². The second kappa shape index (κ2) is 10.5. The van der Waals surface area contributed by atoms with E-state index in [1.165, 1.54) is 56.6 Å². The molecule has 1 aliphatic carbocycles. The van der Waals surface area contributed by atoms with Crippen LogP contribution in [0, 0.1) is 0 Å². The molecule has 1 aromatic rings. The summed E-state index contributed by atoms with van der Waals surface area (Å²) in [7, 11) is 2.20. The van der Waals surface area contributed by atoms with Crippen molar-refractivity contribution in [3.63, 3.8) is 0 Å². The van der Waals surface area contributed by atoms with Crippen LogP contribution in [0.3, 0.4) is 0 Å². The molecule has 2 aliphatic rings. The molecule has 0 bridgehead atoms. The zero-order valence-electron chi connectivity index (χ0n) is 16.2. The number of benzene rings is 1. The Balaban J connectivity index is 1.49. The standard InChI is InChI=1S/C22H33N3O/c1-24-14-16-25(17-15-24)13-8-18-26-23-22-12-7-3-6-11-21(22)19-20-9-4-2-5-10-20/h2,4-5,9-10,19H,3,6-8,11-18H2,1H3. The summed E-state index contributed by atoms with van der Waals surface area (Å²) in [5, 5.41) is 4.54. The van der Waals surface area contributed by atoms with Crippen LogP contribution in [0.5, 0.6) is 0 Å². The largest absolute Gasteiger partial charge is 0.396 e. The number of hydrogen-bond donors (Lipinski definition) is 0. The Morgan fingerprint density at radius 3 is 2.58 bits per heavy atom. The first-order chi connectivity index (χ1) is 12.8. The molecule has 1 saturated heterocycles. The number of piperazine rings is 1. The Labute approximate surface area is 158 Å². The van der Waals surface area contributed by atoms with E-state index in [9.17, 15) is 0 Å². The highest BCUT2D eigenvalue weighted by molar-refractivity contribution is 6.03. The van der Waals surface area contributed by atoms with Crippen LogP contribution in [-0.4, -0.2) is 61.9 Å². The molecule has 1 aliphatic heterocycles. The summed E-state index contributed by atoms with van der Waals surface area (Å²) in [6.45, 7) is 6.54. The van der Waals surface area contributed by atoms with E-state index in [0.717, 1.165) is 31.5 Å². The van der Waals surface area contributed by atoms with Crippen molar-refractivity contribution in [1.82, 2.24) is 9.80 Å². The van der Waals surface area contributed by atoms with Crippen LogP contribution in [0.4, 0.5) is 0 Å². The molecule has 142 valence electrons. The third kappa shape index (κ3) is 6.26. The van der Waals surface area contributed by atoms with Gasteiger partial charge in [0.05, 0.1) is 5.71 Å². The Bertz CT molecular complexity index is 589. The molecule has 4 nitrogen and oxygen atoms in total. The quantitative estimate of drug-likeness (QED) is 0.438. The molecular weight excluding hydrogens is 322 g/mol.